The van der Waals surface area contributed by atoms with E-state index in [1.165, 1.54) is 11.1 Å². The molecule has 1 heteroatoms. The van der Waals surface area contributed by atoms with Crippen molar-refractivity contribution in [2.75, 3.05) is 0 Å². The molecule has 0 radical (unpaired) electrons. The maximum Gasteiger partial charge on any atom is 0.0843 e. The van der Waals surface area contributed by atoms with Crippen molar-refractivity contribution in [3.8, 4) is 0 Å². The lowest BCUT2D eigenvalue weighted by Crippen LogP contribution is -2.21. The van der Waals surface area contributed by atoms with E-state index in [2.05, 4.69) is 46.8 Å². The third-order valence-corrected chi connectivity index (χ3v) is 3.37. The third kappa shape index (κ3) is 2.60. The van der Waals surface area contributed by atoms with Crippen LogP contribution >= 0.6 is 0 Å². The summed E-state index contributed by atoms with van der Waals surface area (Å²) < 4.78 is 0. The molecule has 1 rings (SSSR count). The predicted molar refractivity (Wildman–Crippen MR) is 64.9 cm³/mol. The number of rotatable bonds is 3. The van der Waals surface area contributed by atoms with Gasteiger partial charge in [-0.25, -0.2) is 0 Å². The molecule has 15 heavy (non-hydrogen) atoms. The Labute approximate surface area is 93.1 Å². The van der Waals surface area contributed by atoms with Gasteiger partial charge >= 0.3 is 0 Å². The van der Waals surface area contributed by atoms with Crippen LogP contribution in [0.4, 0.5) is 0 Å². The van der Waals surface area contributed by atoms with Crippen molar-refractivity contribution in [3.05, 3.63) is 34.9 Å². The van der Waals surface area contributed by atoms with E-state index >= 15 is 0 Å². The molecule has 1 nitrogen and oxygen atoms in total. The van der Waals surface area contributed by atoms with E-state index in [0.717, 1.165) is 12.0 Å². The van der Waals surface area contributed by atoms with Gasteiger partial charge in [-0.1, -0.05) is 44.5 Å². The highest BCUT2D eigenvalue weighted by molar-refractivity contribution is 5.32. The molecule has 0 amide bonds. The summed E-state index contributed by atoms with van der Waals surface area (Å²) in [6, 6.07) is 6.24. The fraction of sp³-hybridized carbons (Fsp3) is 0.571. The first-order valence-electron chi connectivity index (χ1n) is 5.63. The summed E-state index contributed by atoms with van der Waals surface area (Å²) in [7, 11) is 0. The van der Waals surface area contributed by atoms with Crippen LogP contribution in [0, 0.1) is 19.3 Å². The Bertz CT molecular complexity index is 339. The van der Waals surface area contributed by atoms with Gasteiger partial charge in [-0.3, -0.25) is 0 Å². The number of hydrogen-bond acceptors (Lipinski definition) is 1. The van der Waals surface area contributed by atoms with Gasteiger partial charge in [0, 0.05) is 0 Å². The summed E-state index contributed by atoms with van der Waals surface area (Å²) >= 11 is 0. The second-order valence-corrected chi connectivity index (χ2v) is 5.10. The first-order chi connectivity index (χ1) is 6.88. The van der Waals surface area contributed by atoms with Crippen LogP contribution in [0.2, 0.25) is 0 Å². The summed E-state index contributed by atoms with van der Waals surface area (Å²) in [6.07, 6.45) is 0.602. The van der Waals surface area contributed by atoms with Gasteiger partial charge in [0.25, 0.3) is 0 Å². The summed E-state index contributed by atoms with van der Waals surface area (Å²) in [5, 5.41) is 10.3. The van der Waals surface area contributed by atoms with Crippen molar-refractivity contribution in [3.63, 3.8) is 0 Å². The molecule has 0 bridgehead atoms. The second-order valence-electron chi connectivity index (χ2n) is 5.10. The van der Waals surface area contributed by atoms with Crippen LogP contribution in [-0.4, -0.2) is 5.11 Å². The molecule has 0 spiro atoms. The maximum atomic E-state index is 10.3. The summed E-state index contributed by atoms with van der Waals surface area (Å²) in [5.74, 6) is 0. The van der Waals surface area contributed by atoms with Gasteiger partial charge < -0.3 is 5.11 Å². The van der Waals surface area contributed by atoms with Crippen molar-refractivity contribution >= 4 is 0 Å². The Morgan fingerprint density at radius 2 is 1.87 bits per heavy atom. The van der Waals surface area contributed by atoms with E-state index in [0.29, 0.717) is 0 Å². The first kappa shape index (κ1) is 12.3. The molecule has 0 aromatic heterocycles. The van der Waals surface area contributed by atoms with E-state index in [9.17, 15) is 5.11 Å². The molecule has 0 aliphatic rings. The zero-order valence-corrected chi connectivity index (χ0v) is 10.5. The normalized spacial score (nSPS) is 14.0. The number of aliphatic hydroxyl groups excluding tert-OH is 1. The monoisotopic (exact) mass is 206 g/mol. The van der Waals surface area contributed by atoms with Crippen molar-refractivity contribution in [1.29, 1.82) is 0 Å². The van der Waals surface area contributed by atoms with Crippen LogP contribution in [0.3, 0.4) is 0 Å². The van der Waals surface area contributed by atoms with Gasteiger partial charge in [-0.2, -0.15) is 0 Å². The summed E-state index contributed by atoms with van der Waals surface area (Å²) in [5.41, 5.74) is 3.44. The lowest BCUT2D eigenvalue weighted by atomic mass is 9.79. The molecule has 1 aromatic carbocycles. The van der Waals surface area contributed by atoms with Gasteiger partial charge in [0.15, 0.2) is 0 Å². The van der Waals surface area contributed by atoms with Gasteiger partial charge in [-0.15, -0.1) is 0 Å². The predicted octanol–water partition coefficient (Wildman–Crippen LogP) is 3.77. The molecular weight excluding hydrogens is 184 g/mol. The fourth-order valence-electron chi connectivity index (χ4n) is 1.75. The molecule has 0 aliphatic carbocycles. The number of aryl methyl sites for hydroxylation is 2. The zero-order valence-electron chi connectivity index (χ0n) is 10.5. The van der Waals surface area contributed by atoms with Crippen LogP contribution in [0.15, 0.2) is 18.2 Å². The van der Waals surface area contributed by atoms with E-state index in [4.69, 9.17) is 0 Å². The van der Waals surface area contributed by atoms with Crippen molar-refractivity contribution < 1.29 is 5.11 Å². The van der Waals surface area contributed by atoms with Crippen molar-refractivity contribution in [2.45, 2.75) is 47.1 Å². The van der Waals surface area contributed by atoms with E-state index < -0.39 is 0 Å². The lowest BCUT2D eigenvalue weighted by Gasteiger charge is -2.30. The van der Waals surface area contributed by atoms with Crippen LogP contribution in [0.25, 0.3) is 0 Å². The maximum absolute atomic E-state index is 10.3. The largest absolute Gasteiger partial charge is 0.388 e. The second kappa shape index (κ2) is 4.36. The Hall–Kier alpha value is -0.820. The molecule has 1 N–H and O–H groups in total. The first-order valence-corrected chi connectivity index (χ1v) is 5.63. The minimum absolute atomic E-state index is 0.0555. The Balaban J connectivity index is 3.06. The molecule has 0 saturated heterocycles. The van der Waals surface area contributed by atoms with E-state index in [1.807, 2.05) is 6.07 Å². The Kier molecular flexibility index (Phi) is 3.56. The lowest BCUT2D eigenvalue weighted by molar-refractivity contribution is 0.0460. The summed E-state index contributed by atoms with van der Waals surface area (Å²) in [4.78, 5) is 0. The van der Waals surface area contributed by atoms with Crippen LogP contribution in [-0.2, 0) is 0 Å². The van der Waals surface area contributed by atoms with Crippen LogP contribution in [0.5, 0.6) is 0 Å². The highest BCUT2D eigenvalue weighted by Crippen LogP contribution is 2.37. The topological polar surface area (TPSA) is 20.2 Å². The molecule has 1 unspecified atom stereocenters. The van der Waals surface area contributed by atoms with Crippen molar-refractivity contribution in [2.24, 2.45) is 5.41 Å². The van der Waals surface area contributed by atoms with Crippen LogP contribution in [0.1, 0.15) is 50.0 Å². The van der Waals surface area contributed by atoms with Gasteiger partial charge in [0.1, 0.15) is 0 Å². The molecule has 1 aromatic rings. The molecule has 84 valence electrons. The number of aliphatic hydroxyl groups is 1. The zero-order chi connectivity index (χ0) is 11.6. The Morgan fingerprint density at radius 3 is 2.33 bits per heavy atom. The standard InChI is InChI=1S/C14H22O/c1-6-14(4,5)13(15)12-8-7-10(2)9-11(12)3/h7-9,13,15H,6H2,1-5H3. The average Bonchev–Trinajstić information content (AvgIpc) is 2.17. The van der Waals surface area contributed by atoms with Crippen LogP contribution < -0.4 is 0 Å². The molecule has 0 saturated carbocycles. The van der Waals surface area contributed by atoms with Crippen molar-refractivity contribution in [1.82, 2.24) is 0 Å². The molecule has 0 aliphatic heterocycles. The molecular formula is C14H22O. The molecule has 0 fully saturated rings. The molecule has 0 heterocycles. The SMILES string of the molecule is CCC(C)(C)C(O)c1ccc(C)cc1C. The number of benzene rings is 1. The summed E-state index contributed by atoms with van der Waals surface area (Å²) in [6.45, 7) is 10.5. The smallest absolute Gasteiger partial charge is 0.0843 e. The number of hydrogen-bond donors (Lipinski definition) is 1. The van der Waals surface area contributed by atoms with E-state index in [-0.39, 0.29) is 11.5 Å². The van der Waals surface area contributed by atoms with Gasteiger partial charge in [-0.05, 0) is 36.8 Å². The van der Waals surface area contributed by atoms with Gasteiger partial charge in [0.2, 0.25) is 0 Å². The Morgan fingerprint density at radius 1 is 1.27 bits per heavy atom. The minimum atomic E-state index is -0.372. The average molecular weight is 206 g/mol. The van der Waals surface area contributed by atoms with Gasteiger partial charge in [0.05, 0.1) is 6.10 Å². The molecule has 1 atom stereocenters. The highest BCUT2D eigenvalue weighted by Gasteiger charge is 2.27. The highest BCUT2D eigenvalue weighted by atomic mass is 16.3. The third-order valence-electron chi connectivity index (χ3n) is 3.37. The minimum Gasteiger partial charge on any atom is -0.388 e. The quantitative estimate of drug-likeness (QED) is 0.798. The fourth-order valence-corrected chi connectivity index (χ4v) is 1.75. The van der Waals surface area contributed by atoms with E-state index in [1.54, 1.807) is 0 Å².